The number of nitriles is 1. The third-order valence-corrected chi connectivity index (χ3v) is 2.53. The normalized spacial score (nSPS) is 10.8. The second-order valence-electron chi connectivity index (χ2n) is 4.13. The standard InChI is InChI=1S/C12H12ClFN2O/c1-12(2,16-11(17)5-6-15)9-7-8(13)3-4-10(9)14/h3-4,7H,5H2,1-2H3,(H,16,17). The zero-order chi connectivity index (χ0) is 13.1. The molecular weight excluding hydrogens is 243 g/mol. The monoisotopic (exact) mass is 254 g/mol. The molecule has 0 bridgehead atoms. The molecule has 0 unspecified atom stereocenters. The highest BCUT2D eigenvalue weighted by molar-refractivity contribution is 6.30. The van der Waals surface area contributed by atoms with Crippen LogP contribution in [0.5, 0.6) is 0 Å². The van der Waals surface area contributed by atoms with Crippen LogP contribution in [-0.2, 0) is 10.3 Å². The zero-order valence-electron chi connectivity index (χ0n) is 9.55. The van der Waals surface area contributed by atoms with Gasteiger partial charge >= 0.3 is 0 Å². The molecule has 0 aromatic heterocycles. The molecule has 0 heterocycles. The molecule has 1 amide bonds. The summed E-state index contributed by atoms with van der Waals surface area (Å²) in [7, 11) is 0. The van der Waals surface area contributed by atoms with Crippen LogP contribution in [0, 0.1) is 17.1 Å². The van der Waals surface area contributed by atoms with E-state index in [4.69, 9.17) is 16.9 Å². The van der Waals surface area contributed by atoms with Gasteiger partial charge in [-0.2, -0.15) is 5.26 Å². The van der Waals surface area contributed by atoms with Gasteiger partial charge in [0.15, 0.2) is 0 Å². The van der Waals surface area contributed by atoms with Crippen molar-refractivity contribution >= 4 is 17.5 Å². The minimum absolute atomic E-state index is 0.258. The van der Waals surface area contributed by atoms with E-state index in [0.717, 1.165) is 0 Å². The topological polar surface area (TPSA) is 52.9 Å². The van der Waals surface area contributed by atoms with Crippen LogP contribution in [-0.4, -0.2) is 5.91 Å². The first-order valence-electron chi connectivity index (χ1n) is 5.00. The van der Waals surface area contributed by atoms with Crippen molar-refractivity contribution in [1.29, 1.82) is 5.26 Å². The molecule has 5 heteroatoms. The quantitative estimate of drug-likeness (QED) is 0.902. The molecule has 1 aromatic rings. The fraction of sp³-hybridized carbons (Fsp3) is 0.333. The lowest BCUT2D eigenvalue weighted by molar-refractivity contribution is -0.121. The minimum atomic E-state index is -0.914. The highest BCUT2D eigenvalue weighted by atomic mass is 35.5. The van der Waals surface area contributed by atoms with Crippen molar-refractivity contribution in [2.75, 3.05) is 0 Å². The van der Waals surface area contributed by atoms with E-state index in [9.17, 15) is 9.18 Å². The Kier molecular flexibility index (Phi) is 4.08. The Morgan fingerprint density at radius 3 is 2.82 bits per heavy atom. The van der Waals surface area contributed by atoms with E-state index >= 15 is 0 Å². The third-order valence-electron chi connectivity index (χ3n) is 2.29. The van der Waals surface area contributed by atoms with Crippen molar-refractivity contribution in [1.82, 2.24) is 5.32 Å². The number of halogens is 2. The summed E-state index contributed by atoms with van der Waals surface area (Å²) in [5.74, 6) is -0.895. The molecule has 90 valence electrons. The SMILES string of the molecule is CC(C)(NC(=O)CC#N)c1cc(Cl)ccc1F. The Bertz CT molecular complexity index is 480. The van der Waals surface area contributed by atoms with E-state index in [1.807, 2.05) is 0 Å². The Morgan fingerprint density at radius 2 is 2.24 bits per heavy atom. The predicted octanol–water partition coefficient (Wildman–Crippen LogP) is 2.74. The first-order valence-corrected chi connectivity index (χ1v) is 5.38. The third kappa shape index (κ3) is 3.43. The van der Waals surface area contributed by atoms with Gasteiger partial charge in [0.1, 0.15) is 12.2 Å². The molecule has 0 saturated heterocycles. The van der Waals surface area contributed by atoms with Gasteiger partial charge in [-0.1, -0.05) is 11.6 Å². The molecule has 0 aliphatic rings. The summed E-state index contributed by atoms with van der Waals surface area (Å²) in [6.45, 7) is 3.30. The van der Waals surface area contributed by atoms with Gasteiger partial charge in [-0.3, -0.25) is 4.79 Å². The van der Waals surface area contributed by atoms with E-state index < -0.39 is 17.3 Å². The maximum atomic E-state index is 13.6. The van der Waals surface area contributed by atoms with Gasteiger partial charge in [-0.05, 0) is 32.0 Å². The van der Waals surface area contributed by atoms with Gasteiger partial charge < -0.3 is 5.32 Å². The number of rotatable bonds is 3. The van der Waals surface area contributed by atoms with Crippen molar-refractivity contribution in [3.63, 3.8) is 0 Å². The molecule has 1 N–H and O–H groups in total. The maximum Gasteiger partial charge on any atom is 0.234 e. The van der Waals surface area contributed by atoms with E-state index in [2.05, 4.69) is 5.32 Å². The molecule has 0 atom stereocenters. The van der Waals surface area contributed by atoms with Crippen LogP contribution in [0.15, 0.2) is 18.2 Å². The number of amides is 1. The largest absolute Gasteiger partial charge is 0.346 e. The van der Waals surface area contributed by atoms with Gasteiger partial charge in [0.25, 0.3) is 0 Å². The molecule has 3 nitrogen and oxygen atoms in total. The van der Waals surface area contributed by atoms with Crippen LogP contribution < -0.4 is 5.32 Å². The Labute approximate surface area is 104 Å². The van der Waals surface area contributed by atoms with Crippen LogP contribution in [0.2, 0.25) is 5.02 Å². The molecule has 0 aliphatic carbocycles. The number of hydrogen-bond donors (Lipinski definition) is 1. The van der Waals surface area contributed by atoms with Crippen LogP contribution in [0.1, 0.15) is 25.8 Å². The van der Waals surface area contributed by atoms with Crippen molar-refractivity contribution < 1.29 is 9.18 Å². The second kappa shape index (κ2) is 5.15. The molecule has 0 fully saturated rings. The number of carbonyl (C=O) groups excluding carboxylic acids is 1. The van der Waals surface area contributed by atoms with Crippen molar-refractivity contribution in [2.24, 2.45) is 0 Å². The molecule has 1 aromatic carbocycles. The maximum absolute atomic E-state index is 13.6. The Morgan fingerprint density at radius 1 is 1.59 bits per heavy atom. The number of carbonyl (C=O) groups is 1. The van der Waals surface area contributed by atoms with Crippen molar-refractivity contribution in [3.05, 3.63) is 34.6 Å². The summed E-state index contributed by atoms with van der Waals surface area (Å²) in [4.78, 5) is 11.3. The van der Waals surface area contributed by atoms with E-state index in [1.54, 1.807) is 19.9 Å². The van der Waals surface area contributed by atoms with E-state index in [1.165, 1.54) is 18.2 Å². The molecule has 1 rings (SSSR count). The zero-order valence-corrected chi connectivity index (χ0v) is 10.3. The number of benzene rings is 1. The Hall–Kier alpha value is -1.60. The van der Waals surface area contributed by atoms with Crippen LogP contribution >= 0.6 is 11.6 Å². The first kappa shape index (κ1) is 13.5. The molecule has 0 radical (unpaired) electrons. The molecule has 17 heavy (non-hydrogen) atoms. The van der Waals surface area contributed by atoms with Crippen LogP contribution in [0.3, 0.4) is 0 Å². The summed E-state index contributed by atoms with van der Waals surface area (Å²) in [6, 6.07) is 5.88. The smallest absolute Gasteiger partial charge is 0.234 e. The van der Waals surface area contributed by atoms with Gasteiger partial charge in [0.05, 0.1) is 11.6 Å². The Balaban J connectivity index is 3.00. The van der Waals surface area contributed by atoms with Gasteiger partial charge in [-0.15, -0.1) is 0 Å². The fourth-order valence-electron chi connectivity index (χ4n) is 1.51. The number of nitrogens with one attached hydrogen (secondary N) is 1. The van der Waals surface area contributed by atoms with E-state index in [0.29, 0.717) is 5.02 Å². The summed E-state index contributed by atoms with van der Waals surface area (Å²) >= 11 is 5.79. The minimum Gasteiger partial charge on any atom is -0.346 e. The lowest BCUT2D eigenvalue weighted by Crippen LogP contribution is -2.41. The van der Waals surface area contributed by atoms with E-state index in [-0.39, 0.29) is 12.0 Å². The van der Waals surface area contributed by atoms with Crippen molar-refractivity contribution in [3.8, 4) is 6.07 Å². The molecule has 0 aliphatic heterocycles. The summed E-state index contributed by atoms with van der Waals surface area (Å²) in [5.41, 5.74) is -0.626. The van der Waals surface area contributed by atoms with Gasteiger partial charge in [0, 0.05) is 10.6 Å². The second-order valence-corrected chi connectivity index (χ2v) is 4.57. The lowest BCUT2D eigenvalue weighted by Gasteiger charge is -2.27. The highest BCUT2D eigenvalue weighted by Gasteiger charge is 2.26. The predicted molar refractivity (Wildman–Crippen MR) is 62.8 cm³/mol. The highest BCUT2D eigenvalue weighted by Crippen LogP contribution is 2.26. The number of hydrogen-bond acceptors (Lipinski definition) is 2. The summed E-state index contributed by atoms with van der Waals surface area (Å²) in [5, 5.41) is 11.4. The summed E-state index contributed by atoms with van der Waals surface area (Å²) in [6.07, 6.45) is -0.258. The average Bonchev–Trinajstić information content (AvgIpc) is 2.21. The number of nitrogens with zero attached hydrogens (tertiary/aromatic N) is 1. The molecule has 0 spiro atoms. The fourth-order valence-corrected chi connectivity index (χ4v) is 1.68. The van der Waals surface area contributed by atoms with Gasteiger partial charge in [0.2, 0.25) is 5.91 Å². The van der Waals surface area contributed by atoms with Crippen molar-refractivity contribution in [2.45, 2.75) is 25.8 Å². The first-order chi connectivity index (χ1) is 7.86. The van der Waals surface area contributed by atoms with Gasteiger partial charge in [-0.25, -0.2) is 4.39 Å². The van der Waals surface area contributed by atoms with Crippen LogP contribution in [0.4, 0.5) is 4.39 Å². The van der Waals surface area contributed by atoms with Crippen LogP contribution in [0.25, 0.3) is 0 Å². The lowest BCUT2D eigenvalue weighted by atomic mass is 9.93. The average molecular weight is 255 g/mol. The summed E-state index contributed by atoms with van der Waals surface area (Å²) < 4.78 is 13.6. The molecular formula is C12H12ClFN2O. The molecule has 0 saturated carbocycles.